The summed E-state index contributed by atoms with van der Waals surface area (Å²) < 4.78 is 5.51. The molecule has 3 rings (SSSR count). The molecule has 0 spiro atoms. The molecule has 0 aliphatic carbocycles. The Balaban J connectivity index is 1.50. The van der Waals surface area contributed by atoms with Crippen LogP contribution < -0.4 is 10.2 Å². The number of anilines is 1. The number of hydrogen-bond acceptors (Lipinski definition) is 4. The summed E-state index contributed by atoms with van der Waals surface area (Å²) in [6.07, 6.45) is 2.68. The van der Waals surface area contributed by atoms with E-state index in [-0.39, 0.29) is 5.54 Å². The van der Waals surface area contributed by atoms with Gasteiger partial charge < -0.3 is 15.0 Å². The monoisotopic (exact) mass is 289 g/mol. The first kappa shape index (κ1) is 14.8. The van der Waals surface area contributed by atoms with Crippen molar-refractivity contribution in [2.24, 2.45) is 0 Å². The van der Waals surface area contributed by atoms with Crippen LogP contribution in [0.15, 0.2) is 24.3 Å². The van der Waals surface area contributed by atoms with Gasteiger partial charge >= 0.3 is 0 Å². The highest BCUT2D eigenvalue weighted by Gasteiger charge is 2.44. The fraction of sp³-hybridized carbons (Fsp3) is 0.647. The van der Waals surface area contributed by atoms with Gasteiger partial charge in [-0.3, -0.25) is 4.90 Å². The van der Waals surface area contributed by atoms with Gasteiger partial charge in [0.05, 0.1) is 18.8 Å². The molecule has 0 bridgehead atoms. The molecule has 0 atom stereocenters. The van der Waals surface area contributed by atoms with Gasteiger partial charge in [-0.1, -0.05) is 12.1 Å². The number of ether oxygens (including phenoxy) is 1. The zero-order chi connectivity index (χ0) is 14.7. The Kier molecular flexibility index (Phi) is 4.48. The lowest BCUT2D eigenvalue weighted by Gasteiger charge is -2.48. The van der Waals surface area contributed by atoms with Gasteiger partial charge in [-0.2, -0.15) is 0 Å². The first-order valence-electron chi connectivity index (χ1n) is 7.99. The van der Waals surface area contributed by atoms with E-state index in [1.165, 1.54) is 37.2 Å². The normalized spacial score (nSPS) is 21.2. The molecule has 1 N–H and O–H groups in total. The molecular weight excluding hydrogens is 262 g/mol. The Morgan fingerprint density at radius 1 is 1.14 bits per heavy atom. The van der Waals surface area contributed by atoms with Gasteiger partial charge in [0.15, 0.2) is 0 Å². The second-order valence-electron chi connectivity index (χ2n) is 6.58. The van der Waals surface area contributed by atoms with E-state index in [0.717, 1.165) is 26.3 Å². The number of hydrogen-bond donors (Lipinski definition) is 1. The summed E-state index contributed by atoms with van der Waals surface area (Å²) in [5.74, 6) is 0. The van der Waals surface area contributed by atoms with Crippen LogP contribution in [0.3, 0.4) is 0 Å². The molecule has 0 amide bonds. The van der Waals surface area contributed by atoms with Gasteiger partial charge in [-0.05, 0) is 43.6 Å². The largest absolute Gasteiger partial charge is 0.378 e. The molecule has 2 aliphatic heterocycles. The molecule has 2 saturated heterocycles. The third kappa shape index (κ3) is 3.23. The second-order valence-corrected chi connectivity index (χ2v) is 6.58. The highest BCUT2D eigenvalue weighted by Crippen LogP contribution is 2.28. The molecule has 21 heavy (non-hydrogen) atoms. The van der Waals surface area contributed by atoms with E-state index in [2.05, 4.69) is 53.5 Å². The van der Waals surface area contributed by atoms with Crippen molar-refractivity contribution >= 4 is 5.69 Å². The molecule has 116 valence electrons. The predicted octanol–water partition coefficient (Wildman–Crippen LogP) is 1.71. The maximum absolute atomic E-state index is 5.51. The van der Waals surface area contributed by atoms with Gasteiger partial charge in [0.25, 0.3) is 0 Å². The van der Waals surface area contributed by atoms with Crippen molar-refractivity contribution in [2.45, 2.75) is 24.9 Å². The van der Waals surface area contributed by atoms with Crippen molar-refractivity contribution in [3.8, 4) is 0 Å². The standard InChI is InChI=1S/C17H27N3O/c1-19(2)16-7-5-15(6-8-16)11-18-12-17(13-21-14-17)20-9-3-4-10-20/h5-8,18H,3-4,9-14H2,1-2H3. The zero-order valence-corrected chi connectivity index (χ0v) is 13.3. The summed E-state index contributed by atoms with van der Waals surface area (Å²) in [6.45, 7) is 6.22. The molecule has 0 radical (unpaired) electrons. The molecule has 0 aromatic heterocycles. The predicted molar refractivity (Wildman–Crippen MR) is 86.8 cm³/mol. The minimum absolute atomic E-state index is 0.264. The first-order chi connectivity index (χ1) is 10.2. The summed E-state index contributed by atoms with van der Waals surface area (Å²) >= 11 is 0. The Hall–Kier alpha value is -1.10. The van der Waals surface area contributed by atoms with Gasteiger partial charge in [0.2, 0.25) is 0 Å². The van der Waals surface area contributed by atoms with Gasteiger partial charge in [-0.15, -0.1) is 0 Å². The first-order valence-corrected chi connectivity index (χ1v) is 7.99. The third-order valence-corrected chi connectivity index (χ3v) is 4.75. The molecule has 1 aromatic rings. The van der Waals surface area contributed by atoms with Gasteiger partial charge in [-0.25, -0.2) is 0 Å². The van der Waals surface area contributed by atoms with E-state index in [9.17, 15) is 0 Å². The average Bonchev–Trinajstić information content (AvgIpc) is 2.96. The Bertz CT molecular complexity index is 448. The minimum Gasteiger partial charge on any atom is -0.378 e. The lowest BCUT2D eigenvalue weighted by atomic mass is 9.95. The summed E-state index contributed by atoms with van der Waals surface area (Å²) in [5, 5.41) is 3.63. The van der Waals surface area contributed by atoms with Crippen LogP contribution in [0.4, 0.5) is 5.69 Å². The average molecular weight is 289 g/mol. The van der Waals surface area contributed by atoms with Gasteiger partial charge in [0.1, 0.15) is 0 Å². The van der Waals surface area contributed by atoms with Crippen molar-refractivity contribution in [1.82, 2.24) is 10.2 Å². The minimum atomic E-state index is 0.264. The SMILES string of the molecule is CN(C)c1ccc(CNCC2(N3CCCC3)COC2)cc1. The Morgan fingerprint density at radius 3 is 2.33 bits per heavy atom. The second kappa shape index (κ2) is 6.34. The number of likely N-dealkylation sites (tertiary alicyclic amines) is 1. The highest BCUT2D eigenvalue weighted by molar-refractivity contribution is 5.45. The lowest BCUT2D eigenvalue weighted by Crippen LogP contribution is -2.66. The molecule has 1 aromatic carbocycles. The summed E-state index contributed by atoms with van der Waals surface area (Å²) in [4.78, 5) is 4.75. The van der Waals surface area contributed by atoms with E-state index in [0.29, 0.717) is 0 Å². The molecule has 2 aliphatic rings. The van der Waals surface area contributed by atoms with E-state index >= 15 is 0 Å². The number of benzene rings is 1. The molecule has 0 unspecified atom stereocenters. The van der Waals surface area contributed by atoms with Crippen LogP contribution >= 0.6 is 0 Å². The molecule has 4 heteroatoms. The fourth-order valence-corrected chi connectivity index (χ4v) is 3.28. The van der Waals surface area contributed by atoms with Crippen molar-refractivity contribution in [1.29, 1.82) is 0 Å². The van der Waals surface area contributed by atoms with E-state index < -0.39 is 0 Å². The van der Waals surface area contributed by atoms with Gasteiger partial charge in [0, 0.05) is 32.9 Å². The summed E-state index contributed by atoms with van der Waals surface area (Å²) in [5.41, 5.74) is 2.86. The van der Waals surface area contributed by atoms with Crippen molar-refractivity contribution in [3.05, 3.63) is 29.8 Å². The van der Waals surface area contributed by atoms with Crippen molar-refractivity contribution in [3.63, 3.8) is 0 Å². The van der Waals surface area contributed by atoms with Crippen LogP contribution in [0.2, 0.25) is 0 Å². The van der Waals surface area contributed by atoms with Crippen LogP contribution in [-0.4, -0.2) is 57.4 Å². The number of rotatable bonds is 6. The molecular formula is C17H27N3O. The quantitative estimate of drug-likeness (QED) is 0.863. The van der Waals surface area contributed by atoms with E-state index in [1.54, 1.807) is 0 Å². The Morgan fingerprint density at radius 2 is 1.81 bits per heavy atom. The van der Waals surface area contributed by atoms with Crippen LogP contribution in [0, 0.1) is 0 Å². The van der Waals surface area contributed by atoms with Crippen LogP contribution in [0.25, 0.3) is 0 Å². The van der Waals surface area contributed by atoms with E-state index in [1.807, 2.05) is 0 Å². The smallest absolute Gasteiger partial charge is 0.0804 e. The number of nitrogens with zero attached hydrogens (tertiary/aromatic N) is 2. The van der Waals surface area contributed by atoms with Crippen LogP contribution in [-0.2, 0) is 11.3 Å². The number of nitrogens with one attached hydrogen (secondary N) is 1. The molecule has 2 fully saturated rings. The zero-order valence-electron chi connectivity index (χ0n) is 13.3. The van der Waals surface area contributed by atoms with Crippen LogP contribution in [0.5, 0.6) is 0 Å². The Labute approximate surface area is 128 Å². The lowest BCUT2D eigenvalue weighted by molar-refractivity contribution is -0.131. The van der Waals surface area contributed by atoms with Crippen LogP contribution in [0.1, 0.15) is 18.4 Å². The highest BCUT2D eigenvalue weighted by atomic mass is 16.5. The fourth-order valence-electron chi connectivity index (χ4n) is 3.28. The maximum Gasteiger partial charge on any atom is 0.0804 e. The van der Waals surface area contributed by atoms with Crippen molar-refractivity contribution < 1.29 is 4.74 Å². The third-order valence-electron chi connectivity index (χ3n) is 4.75. The van der Waals surface area contributed by atoms with E-state index in [4.69, 9.17) is 4.74 Å². The van der Waals surface area contributed by atoms with Crippen molar-refractivity contribution in [2.75, 3.05) is 51.8 Å². The molecule has 2 heterocycles. The summed E-state index contributed by atoms with van der Waals surface area (Å²) in [6, 6.07) is 8.78. The molecule has 4 nitrogen and oxygen atoms in total. The summed E-state index contributed by atoms with van der Waals surface area (Å²) in [7, 11) is 4.15. The maximum atomic E-state index is 5.51. The topological polar surface area (TPSA) is 27.7 Å². The molecule has 0 saturated carbocycles.